The molecule has 324 valence electrons. The average Bonchev–Trinajstić information content (AvgIpc) is 3.11. The Morgan fingerprint density at radius 3 is 0.727 bits per heavy atom. The van der Waals surface area contributed by atoms with Crippen LogP contribution in [0, 0.1) is 0 Å². The second-order valence-corrected chi connectivity index (χ2v) is 19.1. The fourth-order valence-corrected chi connectivity index (χ4v) is 8.73. The molecule has 0 bridgehead atoms. The Bertz CT molecular complexity index is 964. The minimum Gasteiger partial charge on any atom is -0.550 e. The van der Waals surface area contributed by atoms with Gasteiger partial charge in [0, 0.05) is 37.9 Å². The minimum absolute atomic E-state index is 0. The molecule has 0 spiro atoms. The molecule has 0 fully saturated rings. The summed E-state index contributed by atoms with van der Waals surface area (Å²) >= 11 is 0. The zero-order chi connectivity index (χ0) is 40.4. The number of hydrogen-bond acceptors (Lipinski definition) is 8. The topological polar surface area (TPSA) is 173 Å². The van der Waals surface area contributed by atoms with Crippen LogP contribution in [-0.4, -0.2) is 91.1 Å². The Hall–Kier alpha value is 0.0197. The summed E-state index contributed by atoms with van der Waals surface area (Å²) in [5.41, 5.74) is 0. The summed E-state index contributed by atoms with van der Waals surface area (Å²) < 4.78 is 51.1. The largest absolute Gasteiger partial charge is 2.00 e. The number of rotatable bonds is 42. The summed E-state index contributed by atoms with van der Waals surface area (Å²) in [6.45, 7) is 4.36. The predicted molar refractivity (Wildman–Crippen MR) is 228 cm³/mol. The second-order valence-electron chi connectivity index (χ2n) is 15.3. The van der Waals surface area contributed by atoms with Gasteiger partial charge in [0.1, 0.15) is 0 Å². The smallest absolute Gasteiger partial charge is 0.550 e. The van der Waals surface area contributed by atoms with Gasteiger partial charge in [-0.05, 0) is 12.8 Å². The van der Waals surface area contributed by atoms with E-state index in [4.69, 9.17) is 0 Å². The number of sulfonamides is 2. The van der Waals surface area contributed by atoms with E-state index in [9.17, 15) is 36.6 Å². The molecule has 0 rings (SSSR count). The van der Waals surface area contributed by atoms with Crippen molar-refractivity contribution in [2.24, 2.45) is 0 Å². The van der Waals surface area contributed by atoms with Crippen LogP contribution >= 0.6 is 0 Å². The first-order chi connectivity index (χ1) is 26.0. The van der Waals surface area contributed by atoms with Crippen molar-refractivity contribution in [2.75, 3.05) is 24.6 Å². The summed E-state index contributed by atoms with van der Waals surface area (Å²) in [7, 11) is -6.68. The number of carboxylic acids is 2. The van der Waals surface area contributed by atoms with Crippen molar-refractivity contribution in [1.82, 2.24) is 9.44 Å². The molecule has 0 aliphatic rings. The van der Waals surface area contributed by atoms with Crippen LogP contribution in [0.3, 0.4) is 0 Å². The Morgan fingerprint density at radius 2 is 0.545 bits per heavy atom. The number of aliphatic carboxylic acids is 2. The van der Waals surface area contributed by atoms with E-state index in [0.29, 0.717) is 12.8 Å². The van der Waals surface area contributed by atoms with Crippen molar-refractivity contribution in [2.45, 2.75) is 232 Å². The first kappa shape index (κ1) is 59.3. The molecule has 0 amide bonds. The van der Waals surface area contributed by atoms with Crippen molar-refractivity contribution in [3.05, 3.63) is 0 Å². The monoisotopic (exact) mass is 849 g/mol. The first-order valence-electron chi connectivity index (χ1n) is 22.3. The van der Waals surface area contributed by atoms with Crippen molar-refractivity contribution in [3.8, 4) is 0 Å². The van der Waals surface area contributed by atoms with Gasteiger partial charge >= 0.3 is 37.7 Å². The number of carbonyl (C=O) groups is 2. The van der Waals surface area contributed by atoms with Crippen LogP contribution in [0.1, 0.15) is 232 Å². The van der Waals surface area contributed by atoms with Gasteiger partial charge in [0.05, 0.1) is 11.5 Å². The first-order valence-corrected chi connectivity index (χ1v) is 25.6. The Labute approximate surface area is 369 Å². The molecule has 0 saturated heterocycles. The van der Waals surface area contributed by atoms with Gasteiger partial charge in [0.15, 0.2) is 0 Å². The maximum atomic E-state index is 11.6. The van der Waals surface area contributed by atoms with E-state index in [-0.39, 0.29) is 75.2 Å². The number of nitrogens with one attached hydrogen (secondary N) is 2. The second kappa shape index (κ2) is 45.1. The maximum Gasteiger partial charge on any atom is 2.00 e. The van der Waals surface area contributed by atoms with Crippen LogP contribution in [0.2, 0.25) is 0 Å². The third-order valence-corrected chi connectivity index (χ3v) is 12.8. The third kappa shape index (κ3) is 54.0. The molecular formula is C42H84CaN2O8S2. The molecule has 55 heavy (non-hydrogen) atoms. The molecule has 0 aromatic carbocycles. The van der Waals surface area contributed by atoms with Crippen LogP contribution in [0.15, 0.2) is 0 Å². The van der Waals surface area contributed by atoms with Gasteiger partial charge in [-0.3, -0.25) is 0 Å². The summed E-state index contributed by atoms with van der Waals surface area (Å²) in [5, 5.41) is 20.5. The average molecular weight is 849 g/mol. The van der Waals surface area contributed by atoms with Crippen molar-refractivity contribution in [3.63, 3.8) is 0 Å². The summed E-state index contributed by atoms with van der Waals surface area (Å²) in [5.74, 6) is -2.31. The standard InChI is InChI=1S/2C21H43NO4S.Ca/c2*1-2-3-4-5-6-7-8-9-10-11-12-13-14-15-16-17-20-27(25,26)22-19-18-21(23)24;/h2*22H,2-20H2,1H3,(H,23,24);/q;;+2/p-2. The molecule has 0 atom stereocenters. The number of carboxylic acid groups (broad SMARTS) is 2. The van der Waals surface area contributed by atoms with Gasteiger partial charge in [0.25, 0.3) is 0 Å². The zero-order valence-corrected chi connectivity index (χ0v) is 39.5. The Morgan fingerprint density at radius 1 is 0.364 bits per heavy atom. The van der Waals surface area contributed by atoms with E-state index >= 15 is 0 Å². The molecule has 0 aliphatic carbocycles. The molecule has 10 nitrogen and oxygen atoms in total. The van der Waals surface area contributed by atoms with Crippen LogP contribution in [0.25, 0.3) is 0 Å². The van der Waals surface area contributed by atoms with Crippen molar-refractivity contribution >= 4 is 69.7 Å². The van der Waals surface area contributed by atoms with Crippen LogP contribution < -0.4 is 19.7 Å². The SMILES string of the molecule is CCCCCCCCCCCCCCCCCCS(=O)(=O)NCCC(=O)[O-].CCCCCCCCCCCCCCCCCCS(=O)(=O)NCCC(=O)[O-].[Ca+2]. The van der Waals surface area contributed by atoms with E-state index in [0.717, 1.165) is 25.7 Å². The normalized spacial score (nSPS) is 11.5. The molecule has 0 heterocycles. The van der Waals surface area contributed by atoms with Crippen LogP contribution in [0.4, 0.5) is 0 Å². The van der Waals surface area contributed by atoms with Gasteiger partial charge in [-0.25, -0.2) is 26.3 Å². The molecule has 0 aliphatic heterocycles. The zero-order valence-electron chi connectivity index (χ0n) is 35.7. The van der Waals surface area contributed by atoms with Gasteiger partial charge in [0.2, 0.25) is 20.0 Å². The molecule has 2 N–H and O–H groups in total. The number of carbonyl (C=O) groups excluding carboxylic acids is 2. The third-order valence-electron chi connectivity index (χ3n) is 9.84. The molecule has 0 aromatic heterocycles. The number of hydrogen-bond donors (Lipinski definition) is 2. The van der Waals surface area contributed by atoms with Gasteiger partial charge in [-0.1, -0.05) is 206 Å². The van der Waals surface area contributed by atoms with Crippen molar-refractivity contribution < 1.29 is 36.6 Å². The van der Waals surface area contributed by atoms with E-state index in [1.165, 1.54) is 167 Å². The number of unbranched alkanes of at least 4 members (excludes halogenated alkanes) is 30. The molecule has 0 aromatic rings. The van der Waals surface area contributed by atoms with Gasteiger partial charge in [-0.2, -0.15) is 0 Å². The molecule has 0 unspecified atom stereocenters. The molecule has 0 saturated carbocycles. The Balaban J connectivity index is -0.000000966. The van der Waals surface area contributed by atoms with Gasteiger partial charge < -0.3 is 19.8 Å². The van der Waals surface area contributed by atoms with E-state index in [1.807, 2.05) is 0 Å². The molecule has 13 heteroatoms. The summed E-state index contributed by atoms with van der Waals surface area (Å²) in [6, 6.07) is 0. The minimum atomic E-state index is -3.34. The summed E-state index contributed by atoms with van der Waals surface area (Å²) in [4.78, 5) is 20.5. The van der Waals surface area contributed by atoms with E-state index in [1.54, 1.807) is 0 Å². The quantitative estimate of drug-likeness (QED) is 0.0457. The molecule has 0 radical (unpaired) electrons. The fourth-order valence-electron chi connectivity index (χ4n) is 6.44. The van der Waals surface area contributed by atoms with Crippen LogP contribution in [-0.2, 0) is 29.6 Å². The van der Waals surface area contributed by atoms with Crippen LogP contribution in [0.5, 0.6) is 0 Å². The van der Waals surface area contributed by atoms with E-state index in [2.05, 4.69) is 23.3 Å². The molecular weight excluding hydrogens is 765 g/mol. The Kier molecular flexibility index (Phi) is 48.7. The van der Waals surface area contributed by atoms with Gasteiger partial charge in [-0.15, -0.1) is 0 Å². The van der Waals surface area contributed by atoms with Crippen molar-refractivity contribution in [1.29, 1.82) is 0 Å². The summed E-state index contributed by atoms with van der Waals surface area (Å²) in [6.07, 6.45) is 39.6. The fraction of sp³-hybridized carbons (Fsp3) is 0.952. The van der Waals surface area contributed by atoms with E-state index < -0.39 is 32.0 Å². The predicted octanol–water partition coefficient (Wildman–Crippen LogP) is 8.23. The maximum absolute atomic E-state index is 11.6.